The van der Waals surface area contributed by atoms with E-state index in [1.165, 1.54) is 10.8 Å². The monoisotopic (exact) mass is 314 g/mol. The third kappa shape index (κ3) is 2.65. The summed E-state index contributed by atoms with van der Waals surface area (Å²) in [6, 6.07) is 24.4. The van der Waals surface area contributed by atoms with Gasteiger partial charge in [0.05, 0.1) is 0 Å². The fourth-order valence-corrected chi connectivity index (χ4v) is 3.08. The lowest BCUT2D eigenvalue weighted by atomic mass is 10.1. The highest BCUT2D eigenvalue weighted by Crippen LogP contribution is 2.19. The summed E-state index contributed by atoms with van der Waals surface area (Å²) < 4.78 is 0. The van der Waals surface area contributed by atoms with Gasteiger partial charge >= 0.3 is 0 Å². The van der Waals surface area contributed by atoms with Crippen LogP contribution in [0.4, 0.5) is 0 Å². The van der Waals surface area contributed by atoms with Gasteiger partial charge in [0, 0.05) is 24.5 Å². The number of aromatic nitrogens is 1. The number of benzene rings is 3. The Kier molecular flexibility index (Phi) is 3.54. The SMILES string of the molecule is CN(Cc1ccc2ccccc2c1)C(=O)c1cc2ccccc2[nH]1. The molecule has 0 saturated carbocycles. The van der Waals surface area contributed by atoms with E-state index in [1.807, 2.05) is 49.5 Å². The van der Waals surface area contributed by atoms with Crippen molar-refractivity contribution in [1.29, 1.82) is 0 Å². The lowest BCUT2D eigenvalue weighted by Crippen LogP contribution is -2.26. The van der Waals surface area contributed by atoms with Gasteiger partial charge in [-0.15, -0.1) is 0 Å². The standard InChI is InChI=1S/C21H18N2O/c1-23(14-15-10-11-16-6-2-3-7-17(16)12-15)21(24)20-13-18-8-4-5-9-19(18)22-20/h2-13,22H,14H2,1H3. The topological polar surface area (TPSA) is 36.1 Å². The van der Waals surface area contributed by atoms with Crippen molar-refractivity contribution in [3.05, 3.63) is 84.1 Å². The minimum Gasteiger partial charge on any atom is -0.351 e. The molecule has 0 saturated heterocycles. The van der Waals surface area contributed by atoms with E-state index in [1.54, 1.807) is 4.90 Å². The number of hydrogen-bond acceptors (Lipinski definition) is 1. The Balaban J connectivity index is 1.57. The number of aromatic amines is 1. The first-order valence-electron chi connectivity index (χ1n) is 8.01. The van der Waals surface area contributed by atoms with E-state index in [-0.39, 0.29) is 5.91 Å². The van der Waals surface area contributed by atoms with Gasteiger partial charge in [-0.25, -0.2) is 0 Å². The second-order valence-electron chi connectivity index (χ2n) is 6.11. The summed E-state index contributed by atoms with van der Waals surface area (Å²) in [6.45, 7) is 0.582. The van der Waals surface area contributed by atoms with Crippen molar-refractivity contribution in [3.8, 4) is 0 Å². The van der Waals surface area contributed by atoms with Crippen LogP contribution in [0.3, 0.4) is 0 Å². The fourth-order valence-electron chi connectivity index (χ4n) is 3.08. The zero-order valence-corrected chi connectivity index (χ0v) is 13.5. The fraction of sp³-hybridized carbons (Fsp3) is 0.0952. The van der Waals surface area contributed by atoms with Crippen LogP contribution in [0.1, 0.15) is 16.1 Å². The van der Waals surface area contributed by atoms with Crippen molar-refractivity contribution in [2.45, 2.75) is 6.54 Å². The summed E-state index contributed by atoms with van der Waals surface area (Å²) >= 11 is 0. The van der Waals surface area contributed by atoms with Gasteiger partial charge in [-0.2, -0.15) is 0 Å². The smallest absolute Gasteiger partial charge is 0.270 e. The molecule has 0 spiro atoms. The average molecular weight is 314 g/mol. The van der Waals surface area contributed by atoms with Gasteiger partial charge < -0.3 is 9.88 Å². The molecule has 0 unspecified atom stereocenters. The van der Waals surface area contributed by atoms with E-state index >= 15 is 0 Å². The van der Waals surface area contributed by atoms with E-state index in [9.17, 15) is 4.79 Å². The highest BCUT2D eigenvalue weighted by atomic mass is 16.2. The van der Waals surface area contributed by atoms with E-state index in [0.29, 0.717) is 12.2 Å². The average Bonchev–Trinajstić information content (AvgIpc) is 3.05. The first kappa shape index (κ1) is 14.5. The van der Waals surface area contributed by atoms with E-state index in [2.05, 4.69) is 35.3 Å². The van der Waals surface area contributed by atoms with Crippen molar-refractivity contribution in [2.75, 3.05) is 7.05 Å². The molecule has 0 aliphatic rings. The zero-order chi connectivity index (χ0) is 16.5. The number of nitrogens with zero attached hydrogens (tertiary/aromatic N) is 1. The summed E-state index contributed by atoms with van der Waals surface area (Å²) in [4.78, 5) is 17.6. The van der Waals surface area contributed by atoms with Crippen LogP contribution in [-0.4, -0.2) is 22.8 Å². The number of amides is 1. The first-order valence-corrected chi connectivity index (χ1v) is 8.01. The summed E-state index contributed by atoms with van der Waals surface area (Å²) in [5, 5.41) is 3.47. The van der Waals surface area contributed by atoms with Gasteiger partial charge in [-0.05, 0) is 34.5 Å². The summed E-state index contributed by atoms with van der Waals surface area (Å²) in [5.74, 6) is -0.000594. The Labute approximate surface area is 140 Å². The Morgan fingerprint density at radius 2 is 1.58 bits per heavy atom. The summed E-state index contributed by atoms with van der Waals surface area (Å²) in [7, 11) is 1.84. The Hall–Kier alpha value is -3.07. The second kappa shape index (κ2) is 5.85. The summed E-state index contributed by atoms with van der Waals surface area (Å²) in [6.07, 6.45) is 0. The maximum atomic E-state index is 12.7. The van der Waals surface area contributed by atoms with Crippen LogP contribution in [0, 0.1) is 0 Å². The largest absolute Gasteiger partial charge is 0.351 e. The molecule has 0 fully saturated rings. The molecule has 4 rings (SSSR count). The second-order valence-corrected chi connectivity index (χ2v) is 6.11. The van der Waals surface area contributed by atoms with Crippen LogP contribution in [0.25, 0.3) is 21.7 Å². The van der Waals surface area contributed by atoms with Gasteiger partial charge in [0.25, 0.3) is 5.91 Å². The molecule has 0 radical (unpaired) electrons. The van der Waals surface area contributed by atoms with Crippen molar-refractivity contribution in [3.63, 3.8) is 0 Å². The van der Waals surface area contributed by atoms with Crippen LogP contribution in [0.15, 0.2) is 72.8 Å². The molecule has 118 valence electrons. The molecule has 0 aliphatic heterocycles. The molecule has 0 aliphatic carbocycles. The number of H-pyrrole nitrogens is 1. The van der Waals surface area contributed by atoms with Gasteiger partial charge in [0.1, 0.15) is 5.69 Å². The number of carbonyl (C=O) groups excluding carboxylic acids is 1. The predicted molar refractivity (Wildman–Crippen MR) is 98.0 cm³/mol. The third-order valence-corrected chi connectivity index (χ3v) is 4.34. The van der Waals surface area contributed by atoms with Crippen LogP contribution in [0.5, 0.6) is 0 Å². The van der Waals surface area contributed by atoms with E-state index < -0.39 is 0 Å². The molecule has 1 N–H and O–H groups in total. The Morgan fingerprint density at radius 1 is 0.875 bits per heavy atom. The molecule has 3 heteroatoms. The molecule has 4 aromatic rings. The normalized spacial score (nSPS) is 11.0. The lowest BCUT2D eigenvalue weighted by molar-refractivity contribution is 0.0780. The van der Waals surface area contributed by atoms with Gasteiger partial charge in [0.15, 0.2) is 0 Å². The van der Waals surface area contributed by atoms with E-state index in [4.69, 9.17) is 0 Å². The minimum atomic E-state index is -0.000594. The Morgan fingerprint density at radius 3 is 2.38 bits per heavy atom. The van der Waals surface area contributed by atoms with Gasteiger partial charge in [0.2, 0.25) is 0 Å². The molecule has 0 bridgehead atoms. The van der Waals surface area contributed by atoms with Crippen LogP contribution < -0.4 is 0 Å². The van der Waals surface area contributed by atoms with Crippen molar-refractivity contribution in [1.82, 2.24) is 9.88 Å². The van der Waals surface area contributed by atoms with E-state index in [0.717, 1.165) is 16.5 Å². The maximum absolute atomic E-state index is 12.7. The Bertz CT molecular complexity index is 999. The first-order chi connectivity index (χ1) is 11.7. The molecule has 3 aromatic carbocycles. The molecular formula is C21H18N2O. The summed E-state index contributed by atoms with van der Waals surface area (Å²) in [5.41, 5.74) is 2.74. The van der Waals surface area contributed by atoms with Crippen molar-refractivity contribution >= 4 is 27.6 Å². The lowest BCUT2D eigenvalue weighted by Gasteiger charge is -2.16. The molecule has 1 heterocycles. The quantitative estimate of drug-likeness (QED) is 0.590. The predicted octanol–water partition coefficient (Wildman–Crippen LogP) is 4.59. The van der Waals surface area contributed by atoms with Gasteiger partial charge in [-0.3, -0.25) is 4.79 Å². The van der Waals surface area contributed by atoms with Crippen molar-refractivity contribution < 1.29 is 4.79 Å². The molecule has 1 aromatic heterocycles. The third-order valence-electron chi connectivity index (χ3n) is 4.34. The highest BCUT2D eigenvalue weighted by molar-refractivity contribution is 5.97. The molecule has 0 atom stereocenters. The maximum Gasteiger partial charge on any atom is 0.270 e. The van der Waals surface area contributed by atoms with Crippen LogP contribution in [-0.2, 0) is 6.54 Å². The molecule has 1 amide bonds. The number of para-hydroxylation sites is 1. The number of carbonyl (C=O) groups is 1. The zero-order valence-electron chi connectivity index (χ0n) is 13.5. The molecular weight excluding hydrogens is 296 g/mol. The van der Waals surface area contributed by atoms with Gasteiger partial charge in [-0.1, -0.05) is 54.6 Å². The molecule has 24 heavy (non-hydrogen) atoms. The van der Waals surface area contributed by atoms with Crippen molar-refractivity contribution in [2.24, 2.45) is 0 Å². The van der Waals surface area contributed by atoms with Crippen LogP contribution in [0.2, 0.25) is 0 Å². The molecule has 3 nitrogen and oxygen atoms in total. The number of hydrogen-bond donors (Lipinski definition) is 1. The minimum absolute atomic E-state index is 0.000594. The number of rotatable bonds is 3. The number of fused-ring (bicyclic) bond motifs is 2. The number of nitrogens with one attached hydrogen (secondary N) is 1. The van der Waals surface area contributed by atoms with Crippen LogP contribution >= 0.6 is 0 Å². The highest BCUT2D eigenvalue weighted by Gasteiger charge is 2.14.